The number of hydrogen-bond acceptors (Lipinski definition) is 4. The molecule has 2 aromatic carbocycles. The van der Waals surface area contributed by atoms with Gasteiger partial charge in [-0.15, -0.1) is 0 Å². The number of benzene rings is 2. The molecule has 0 bridgehead atoms. The van der Waals surface area contributed by atoms with E-state index < -0.39 is 5.41 Å². The molecule has 1 amide bonds. The smallest absolute Gasteiger partial charge is 0.230 e. The molecule has 0 aliphatic heterocycles. The van der Waals surface area contributed by atoms with Crippen molar-refractivity contribution in [1.29, 1.82) is 0 Å². The summed E-state index contributed by atoms with van der Waals surface area (Å²) in [6.07, 6.45) is 1.73. The average Bonchev–Trinajstić information content (AvgIpc) is 3.47. The highest BCUT2D eigenvalue weighted by Gasteiger charge is 2.51. The van der Waals surface area contributed by atoms with Crippen LogP contribution >= 0.6 is 15.9 Å². The van der Waals surface area contributed by atoms with Crippen LogP contribution in [0.3, 0.4) is 0 Å². The number of amides is 1. The summed E-state index contributed by atoms with van der Waals surface area (Å²) in [5.41, 5.74) is 1.52. The molecule has 3 rings (SSSR count). The molecule has 1 N–H and O–H groups in total. The summed E-state index contributed by atoms with van der Waals surface area (Å²) in [5, 5.41) is 3.05. The van der Waals surface area contributed by atoms with E-state index in [9.17, 15) is 4.79 Å². The van der Waals surface area contributed by atoms with Crippen LogP contribution in [-0.2, 0) is 16.8 Å². The summed E-state index contributed by atoms with van der Waals surface area (Å²) in [5.74, 6) is 1.73. The molecule has 5 nitrogen and oxygen atoms in total. The number of ether oxygens (including phenoxy) is 3. The highest BCUT2D eigenvalue weighted by Crippen LogP contribution is 2.49. The standard InChI is InChI=1S/C20H22BrNO4/c1-24-16-9-13(10-17(25-2)18(16)26-3)12-22-19(23)20(7-8-20)14-5-4-6-15(21)11-14/h4-6,9-11H,7-8,12H2,1-3H3,(H,22,23). The minimum absolute atomic E-state index is 0.0457. The molecule has 138 valence electrons. The summed E-state index contributed by atoms with van der Waals surface area (Å²) in [6, 6.07) is 11.7. The third-order valence-electron chi connectivity index (χ3n) is 4.74. The van der Waals surface area contributed by atoms with Crippen molar-refractivity contribution in [3.63, 3.8) is 0 Å². The second kappa shape index (κ2) is 7.58. The number of hydrogen-bond donors (Lipinski definition) is 1. The Labute approximate surface area is 161 Å². The number of halogens is 1. The maximum Gasteiger partial charge on any atom is 0.230 e. The maximum atomic E-state index is 12.8. The first-order valence-corrected chi connectivity index (χ1v) is 9.16. The minimum atomic E-state index is -0.412. The Kier molecular flexibility index (Phi) is 5.41. The average molecular weight is 420 g/mol. The van der Waals surface area contributed by atoms with Gasteiger partial charge < -0.3 is 19.5 Å². The van der Waals surface area contributed by atoms with Crippen molar-refractivity contribution in [2.24, 2.45) is 0 Å². The van der Waals surface area contributed by atoms with E-state index in [2.05, 4.69) is 21.2 Å². The van der Waals surface area contributed by atoms with E-state index in [0.717, 1.165) is 28.4 Å². The van der Waals surface area contributed by atoms with Crippen molar-refractivity contribution in [1.82, 2.24) is 5.32 Å². The van der Waals surface area contributed by atoms with E-state index in [1.165, 1.54) is 0 Å². The molecule has 1 aliphatic carbocycles. The first-order valence-electron chi connectivity index (χ1n) is 8.37. The van der Waals surface area contributed by atoms with Gasteiger partial charge in [-0.1, -0.05) is 28.1 Å². The van der Waals surface area contributed by atoms with Gasteiger partial charge in [0.15, 0.2) is 11.5 Å². The van der Waals surface area contributed by atoms with E-state index in [4.69, 9.17) is 14.2 Å². The fourth-order valence-corrected chi connectivity index (χ4v) is 3.55. The molecule has 1 fully saturated rings. The molecule has 0 radical (unpaired) electrons. The van der Waals surface area contributed by atoms with Gasteiger partial charge in [-0.05, 0) is 48.2 Å². The lowest BCUT2D eigenvalue weighted by molar-refractivity contribution is -0.123. The molecule has 1 saturated carbocycles. The van der Waals surface area contributed by atoms with Gasteiger partial charge in [-0.25, -0.2) is 0 Å². The Hall–Kier alpha value is -2.21. The molecule has 0 unspecified atom stereocenters. The summed E-state index contributed by atoms with van der Waals surface area (Å²) in [4.78, 5) is 12.8. The Morgan fingerprint density at radius 2 is 1.73 bits per heavy atom. The van der Waals surface area contributed by atoms with Crippen LogP contribution in [0, 0.1) is 0 Å². The number of nitrogens with one attached hydrogen (secondary N) is 1. The van der Waals surface area contributed by atoms with Crippen molar-refractivity contribution >= 4 is 21.8 Å². The van der Waals surface area contributed by atoms with E-state index in [1.54, 1.807) is 21.3 Å². The SMILES string of the molecule is COc1cc(CNC(=O)C2(c3cccc(Br)c3)CC2)cc(OC)c1OC. The third kappa shape index (κ3) is 3.51. The molecule has 2 aromatic rings. The summed E-state index contributed by atoms with van der Waals surface area (Å²) in [6.45, 7) is 0.394. The zero-order valence-corrected chi connectivity index (χ0v) is 16.7. The lowest BCUT2D eigenvalue weighted by atomic mass is 9.95. The van der Waals surface area contributed by atoms with Gasteiger partial charge in [0.05, 0.1) is 26.7 Å². The largest absolute Gasteiger partial charge is 0.493 e. The Balaban J connectivity index is 1.76. The number of methoxy groups -OCH3 is 3. The zero-order valence-electron chi connectivity index (χ0n) is 15.1. The zero-order chi connectivity index (χ0) is 18.7. The van der Waals surface area contributed by atoms with Crippen molar-refractivity contribution in [2.45, 2.75) is 24.8 Å². The number of carbonyl (C=O) groups excluding carboxylic acids is 1. The van der Waals surface area contributed by atoms with Gasteiger partial charge in [-0.3, -0.25) is 4.79 Å². The van der Waals surface area contributed by atoms with Crippen LogP contribution in [-0.4, -0.2) is 27.2 Å². The van der Waals surface area contributed by atoms with Gasteiger partial charge >= 0.3 is 0 Å². The second-order valence-electron chi connectivity index (χ2n) is 6.31. The van der Waals surface area contributed by atoms with E-state index >= 15 is 0 Å². The summed E-state index contributed by atoms with van der Waals surface area (Å²) in [7, 11) is 4.72. The Bertz CT molecular complexity index is 792. The molecule has 0 heterocycles. The van der Waals surface area contributed by atoms with Gasteiger partial charge in [0.25, 0.3) is 0 Å². The highest BCUT2D eigenvalue weighted by atomic mass is 79.9. The monoisotopic (exact) mass is 419 g/mol. The van der Waals surface area contributed by atoms with Crippen LogP contribution in [0.5, 0.6) is 17.2 Å². The minimum Gasteiger partial charge on any atom is -0.493 e. The molecule has 0 spiro atoms. The molecular formula is C20H22BrNO4. The fraction of sp³-hybridized carbons (Fsp3) is 0.350. The molecular weight excluding hydrogens is 398 g/mol. The predicted molar refractivity (Wildman–Crippen MR) is 103 cm³/mol. The summed E-state index contributed by atoms with van der Waals surface area (Å²) < 4.78 is 17.0. The van der Waals surface area contributed by atoms with Crippen LogP contribution in [0.1, 0.15) is 24.0 Å². The van der Waals surface area contributed by atoms with Crippen molar-refractivity contribution in [2.75, 3.05) is 21.3 Å². The van der Waals surface area contributed by atoms with Gasteiger partial charge in [-0.2, -0.15) is 0 Å². The number of carbonyl (C=O) groups is 1. The third-order valence-corrected chi connectivity index (χ3v) is 5.23. The van der Waals surface area contributed by atoms with E-state index in [0.29, 0.717) is 23.8 Å². The van der Waals surface area contributed by atoms with Gasteiger partial charge in [0, 0.05) is 11.0 Å². The Morgan fingerprint density at radius 1 is 1.08 bits per heavy atom. The van der Waals surface area contributed by atoms with Gasteiger partial charge in [0.1, 0.15) is 0 Å². The van der Waals surface area contributed by atoms with Crippen LogP contribution in [0.25, 0.3) is 0 Å². The van der Waals surface area contributed by atoms with Crippen LogP contribution < -0.4 is 19.5 Å². The van der Waals surface area contributed by atoms with Crippen molar-refractivity contribution in [3.05, 3.63) is 52.0 Å². The first-order chi connectivity index (χ1) is 12.5. The Morgan fingerprint density at radius 3 is 2.23 bits per heavy atom. The van der Waals surface area contributed by atoms with Crippen molar-refractivity contribution in [3.8, 4) is 17.2 Å². The number of rotatable bonds is 7. The maximum absolute atomic E-state index is 12.8. The quantitative estimate of drug-likeness (QED) is 0.740. The molecule has 0 atom stereocenters. The fourth-order valence-electron chi connectivity index (χ4n) is 3.15. The molecule has 0 saturated heterocycles. The second-order valence-corrected chi connectivity index (χ2v) is 7.22. The van der Waals surface area contributed by atoms with Crippen LogP contribution in [0.4, 0.5) is 0 Å². The van der Waals surface area contributed by atoms with Crippen molar-refractivity contribution < 1.29 is 19.0 Å². The van der Waals surface area contributed by atoms with Gasteiger partial charge in [0.2, 0.25) is 11.7 Å². The predicted octanol–water partition coefficient (Wildman–Crippen LogP) is 3.82. The van der Waals surface area contributed by atoms with E-state index in [-0.39, 0.29) is 5.91 Å². The lowest BCUT2D eigenvalue weighted by Crippen LogP contribution is -2.34. The van der Waals surface area contributed by atoms with Crippen LogP contribution in [0.15, 0.2) is 40.9 Å². The molecule has 0 aromatic heterocycles. The summed E-state index contributed by atoms with van der Waals surface area (Å²) >= 11 is 3.48. The molecule has 1 aliphatic rings. The van der Waals surface area contributed by atoms with E-state index in [1.807, 2.05) is 36.4 Å². The normalized spacial score (nSPS) is 14.5. The molecule has 26 heavy (non-hydrogen) atoms. The highest BCUT2D eigenvalue weighted by molar-refractivity contribution is 9.10. The topological polar surface area (TPSA) is 56.8 Å². The first kappa shape index (κ1) is 18.6. The van der Waals surface area contributed by atoms with Crippen LogP contribution in [0.2, 0.25) is 0 Å². The molecule has 6 heteroatoms. The lowest BCUT2D eigenvalue weighted by Gasteiger charge is -2.18.